The minimum absolute atomic E-state index is 0. The molecule has 2 fully saturated rings. The van der Waals surface area contributed by atoms with Crippen LogP contribution >= 0.6 is 24.0 Å². The van der Waals surface area contributed by atoms with Gasteiger partial charge in [-0.15, -0.1) is 24.0 Å². The first kappa shape index (κ1) is 22.4. The lowest BCUT2D eigenvalue weighted by atomic mass is 10.00. The van der Waals surface area contributed by atoms with Crippen molar-refractivity contribution in [3.8, 4) is 0 Å². The molecular formula is C17H33IN4O3. The Morgan fingerprint density at radius 2 is 1.72 bits per heavy atom. The van der Waals surface area contributed by atoms with E-state index in [1.807, 2.05) is 7.05 Å². The molecule has 0 aromatic carbocycles. The Morgan fingerprint density at radius 1 is 1.08 bits per heavy atom. The van der Waals surface area contributed by atoms with Gasteiger partial charge >= 0.3 is 0 Å². The van der Waals surface area contributed by atoms with Crippen LogP contribution in [0, 0.1) is 11.8 Å². The number of nitrogens with one attached hydrogen (secondary N) is 1. The van der Waals surface area contributed by atoms with Crippen molar-refractivity contribution in [2.24, 2.45) is 16.8 Å². The molecule has 1 unspecified atom stereocenters. The number of hydrogen-bond acceptors (Lipinski definition) is 4. The highest BCUT2D eigenvalue weighted by atomic mass is 127. The van der Waals surface area contributed by atoms with Gasteiger partial charge in [0.1, 0.15) is 6.54 Å². The Kier molecular flexibility index (Phi) is 10.7. The summed E-state index contributed by atoms with van der Waals surface area (Å²) in [5, 5.41) is 3.44. The molecule has 7 nitrogen and oxygen atoms in total. The third-order valence-corrected chi connectivity index (χ3v) is 4.67. The Balaban J connectivity index is 0.00000312. The second-order valence-corrected chi connectivity index (χ2v) is 6.97. The molecule has 2 aliphatic rings. The van der Waals surface area contributed by atoms with E-state index in [0.717, 1.165) is 64.7 Å². The van der Waals surface area contributed by atoms with Crippen LogP contribution < -0.4 is 5.32 Å². The SMILES string of the molecule is CN(C)C(=O)CN=C(NCC1CCOC1)N(C)CC1CCOCC1.I. The summed E-state index contributed by atoms with van der Waals surface area (Å²) < 4.78 is 10.9. The molecule has 1 atom stereocenters. The largest absolute Gasteiger partial charge is 0.381 e. The average molecular weight is 468 g/mol. The second kappa shape index (κ2) is 11.9. The molecule has 0 aromatic rings. The molecule has 25 heavy (non-hydrogen) atoms. The Morgan fingerprint density at radius 3 is 2.32 bits per heavy atom. The van der Waals surface area contributed by atoms with Crippen molar-refractivity contribution >= 4 is 35.8 Å². The number of hydrogen-bond donors (Lipinski definition) is 1. The topological polar surface area (TPSA) is 66.4 Å². The summed E-state index contributed by atoms with van der Waals surface area (Å²) in [6.07, 6.45) is 3.26. The van der Waals surface area contributed by atoms with E-state index in [1.165, 1.54) is 0 Å². The third-order valence-electron chi connectivity index (χ3n) is 4.67. The number of carbonyl (C=O) groups is 1. The van der Waals surface area contributed by atoms with Gasteiger partial charge in [0.2, 0.25) is 5.91 Å². The van der Waals surface area contributed by atoms with Crippen molar-refractivity contribution in [1.82, 2.24) is 15.1 Å². The van der Waals surface area contributed by atoms with E-state index in [4.69, 9.17) is 9.47 Å². The van der Waals surface area contributed by atoms with E-state index in [9.17, 15) is 4.79 Å². The van der Waals surface area contributed by atoms with Crippen molar-refractivity contribution in [1.29, 1.82) is 0 Å². The number of aliphatic imine (C=N–C) groups is 1. The number of halogens is 1. The Bertz CT molecular complexity index is 422. The highest BCUT2D eigenvalue weighted by Gasteiger charge is 2.20. The minimum atomic E-state index is 0. The van der Waals surface area contributed by atoms with Gasteiger partial charge in [-0.05, 0) is 25.2 Å². The molecule has 0 bridgehead atoms. The van der Waals surface area contributed by atoms with E-state index in [1.54, 1.807) is 19.0 Å². The maximum atomic E-state index is 11.9. The lowest BCUT2D eigenvalue weighted by Crippen LogP contribution is -2.44. The molecule has 0 saturated carbocycles. The highest BCUT2D eigenvalue weighted by Crippen LogP contribution is 2.16. The van der Waals surface area contributed by atoms with Gasteiger partial charge in [-0.2, -0.15) is 0 Å². The van der Waals surface area contributed by atoms with Crippen LogP contribution in [0.2, 0.25) is 0 Å². The number of guanidine groups is 1. The lowest BCUT2D eigenvalue weighted by Gasteiger charge is -2.30. The molecule has 0 aliphatic carbocycles. The Labute approximate surface area is 168 Å². The van der Waals surface area contributed by atoms with Gasteiger partial charge in [-0.25, -0.2) is 4.99 Å². The predicted molar refractivity (Wildman–Crippen MR) is 110 cm³/mol. The number of carbonyl (C=O) groups excluding carboxylic acids is 1. The Hall–Kier alpha value is -0.610. The first-order valence-electron chi connectivity index (χ1n) is 8.91. The van der Waals surface area contributed by atoms with E-state index in [2.05, 4.69) is 15.2 Å². The maximum Gasteiger partial charge on any atom is 0.243 e. The summed E-state index contributed by atoms with van der Waals surface area (Å²) >= 11 is 0. The van der Waals surface area contributed by atoms with E-state index in [-0.39, 0.29) is 36.4 Å². The van der Waals surface area contributed by atoms with Crippen molar-refractivity contribution in [3.63, 3.8) is 0 Å². The van der Waals surface area contributed by atoms with Gasteiger partial charge in [0, 0.05) is 60.0 Å². The summed E-state index contributed by atoms with van der Waals surface area (Å²) in [6.45, 7) is 5.29. The standard InChI is InChI=1S/C17H32N4O3.HI/c1-20(2)16(22)11-19-17(18-10-15-6-9-24-13-15)21(3)12-14-4-7-23-8-5-14;/h14-15H,4-13H2,1-3H3,(H,18,19);1H. The van der Waals surface area contributed by atoms with Crippen LogP contribution in [0.25, 0.3) is 0 Å². The van der Waals surface area contributed by atoms with Crippen LogP contribution in [0.5, 0.6) is 0 Å². The van der Waals surface area contributed by atoms with Crippen LogP contribution in [-0.4, -0.2) is 88.9 Å². The van der Waals surface area contributed by atoms with Crippen LogP contribution in [0.4, 0.5) is 0 Å². The summed E-state index contributed by atoms with van der Waals surface area (Å²) in [6, 6.07) is 0. The van der Waals surface area contributed by atoms with Gasteiger partial charge < -0.3 is 24.6 Å². The molecule has 1 N–H and O–H groups in total. The quantitative estimate of drug-likeness (QED) is 0.359. The molecule has 1 amide bonds. The zero-order valence-electron chi connectivity index (χ0n) is 15.7. The summed E-state index contributed by atoms with van der Waals surface area (Å²) in [5.74, 6) is 1.97. The molecule has 0 radical (unpaired) electrons. The van der Waals surface area contributed by atoms with Crippen molar-refractivity contribution in [2.75, 3.05) is 67.2 Å². The van der Waals surface area contributed by atoms with E-state index in [0.29, 0.717) is 11.8 Å². The fourth-order valence-electron chi connectivity index (χ4n) is 2.98. The zero-order chi connectivity index (χ0) is 17.4. The summed E-state index contributed by atoms with van der Waals surface area (Å²) in [4.78, 5) is 20.1. The van der Waals surface area contributed by atoms with Crippen LogP contribution in [0.15, 0.2) is 4.99 Å². The first-order valence-corrected chi connectivity index (χ1v) is 8.91. The zero-order valence-corrected chi connectivity index (χ0v) is 18.0. The van der Waals surface area contributed by atoms with Gasteiger partial charge in [-0.1, -0.05) is 0 Å². The number of amides is 1. The molecule has 146 valence electrons. The molecule has 2 rings (SSSR count). The van der Waals surface area contributed by atoms with Gasteiger partial charge in [0.15, 0.2) is 5.96 Å². The highest BCUT2D eigenvalue weighted by molar-refractivity contribution is 14.0. The lowest BCUT2D eigenvalue weighted by molar-refractivity contribution is -0.127. The van der Waals surface area contributed by atoms with Crippen molar-refractivity contribution in [3.05, 3.63) is 0 Å². The second-order valence-electron chi connectivity index (χ2n) is 6.97. The summed E-state index contributed by atoms with van der Waals surface area (Å²) in [7, 11) is 5.56. The molecule has 0 aromatic heterocycles. The van der Waals surface area contributed by atoms with E-state index < -0.39 is 0 Å². The minimum Gasteiger partial charge on any atom is -0.381 e. The van der Waals surface area contributed by atoms with Crippen LogP contribution in [0.3, 0.4) is 0 Å². The predicted octanol–water partition coefficient (Wildman–Crippen LogP) is 1.03. The maximum absolute atomic E-state index is 11.9. The monoisotopic (exact) mass is 468 g/mol. The van der Waals surface area contributed by atoms with Gasteiger partial charge in [-0.3, -0.25) is 4.79 Å². The third kappa shape index (κ3) is 8.08. The van der Waals surface area contributed by atoms with E-state index >= 15 is 0 Å². The van der Waals surface area contributed by atoms with Crippen LogP contribution in [0.1, 0.15) is 19.3 Å². The average Bonchev–Trinajstić information content (AvgIpc) is 3.08. The number of rotatable bonds is 6. The number of nitrogens with zero attached hydrogens (tertiary/aromatic N) is 3. The number of ether oxygens (including phenoxy) is 2. The van der Waals surface area contributed by atoms with Crippen molar-refractivity contribution < 1.29 is 14.3 Å². The smallest absolute Gasteiger partial charge is 0.243 e. The van der Waals surface area contributed by atoms with Crippen molar-refractivity contribution in [2.45, 2.75) is 19.3 Å². The molecule has 2 saturated heterocycles. The molecule has 2 aliphatic heterocycles. The fourth-order valence-corrected chi connectivity index (χ4v) is 2.98. The fraction of sp³-hybridized carbons (Fsp3) is 0.882. The molecular weight excluding hydrogens is 435 g/mol. The van der Waals surface area contributed by atoms with Gasteiger partial charge in [0.25, 0.3) is 0 Å². The normalized spacial score (nSPS) is 21.6. The summed E-state index contributed by atoms with van der Waals surface area (Å²) in [5.41, 5.74) is 0. The molecule has 2 heterocycles. The van der Waals surface area contributed by atoms with Gasteiger partial charge in [0.05, 0.1) is 6.61 Å². The molecule has 0 spiro atoms. The number of likely N-dealkylation sites (N-methyl/N-ethyl adjacent to an activating group) is 1. The van der Waals surface area contributed by atoms with Crippen LogP contribution in [-0.2, 0) is 14.3 Å². The first-order chi connectivity index (χ1) is 11.6. The molecule has 8 heteroatoms.